The second-order valence-corrected chi connectivity index (χ2v) is 8.62. The smallest absolute Gasteiger partial charge is 0.308 e. The van der Waals surface area contributed by atoms with Crippen molar-refractivity contribution in [3.63, 3.8) is 0 Å². The predicted octanol–water partition coefficient (Wildman–Crippen LogP) is 2.05. The number of benzene rings is 1. The van der Waals surface area contributed by atoms with Gasteiger partial charge in [0, 0.05) is 39.9 Å². The number of carbonyl (C=O) groups is 4. The molecule has 3 rings (SSSR count). The lowest BCUT2D eigenvalue weighted by atomic mass is 10.0. The van der Waals surface area contributed by atoms with Crippen LogP contribution in [0.3, 0.4) is 0 Å². The molecule has 2 atom stereocenters. The molecule has 0 radical (unpaired) electrons. The fourth-order valence-corrected chi connectivity index (χ4v) is 4.53. The first kappa shape index (κ1) is 23.8. The largest absolute Gasteiger partial charge is 0.427 e. The topological polar surface area (TPSA) is 96.0 Å². The summed E-state index contributed by atoms with van der Waals surface area (Å²) < 4.78 is 5.05. The van der Waals surface area contributed by atoms with Crippen LogP contribution in [-0.4, -0.2) is 65.2 Å². The Kier molecular flexibility index (Phi) is 8.25. The van der Waals surface area contributed by atoms with Crippen molar-refractivity contribution in [2.75, 3.05) is 19.6 Å². The summed E-state index contributed by atoms with van der Waals surface area (Å²) in [6, 6.07) is 5.64. The molecule has 2 saturated heterocycles. The normalized spacial score (nSPS) is 19.8. The van der Waals surface area contributed by atoms with Crippen LogP contribution in [0.15, 0.2) is 24.3 Å². The van der Waals surface area contributed by atoms with Gasteiger partial charge in [-0.25, -0.2) is 0 Å². The summed E-state index contributed by atoms with van der Waals surface area (Å²) in [6.45, 7) is 4.74. The van der Waals surface area contributed by atoms with Gasteiger partial charge in [-0.05, 0) is 43.4 Å². The van der Waals surface area contributed by atoms with Crippen molar-refractivity contribution in [2.45, 2.75) is 70.9 Å². The molecule has 0 aromatic heterocycles. The lowest BCUT2D eigenvalue weighted by Gasteiger charge is -2.32. The first-order chi connectivity index (χ1) is 15.3. The van der Waals surface area contributed by atoms with Gasteiger partial charge < -0.3 is 19.9 Å². The van der Waals surface area contributed by atoms with Crippen molar-refractivity contribution in [3.8, 4) is 5.75 Å². The summed E-state index contributed by atoms with van der Waals surface area (Å²) in [5.41, 5.74) is 0.822. The van der Waals surface area contributed by atoms with Gasteiger partial charge in [0.1, 0.15) is 17.8 Å². The average molecular weight is 444 g/mol. The molecule has 174 valence electrons. The zero-order valence-electron chi connectivity index (χ0n) is 19.0. The van der Waals surface area contributed by atoms with Crippen LogP contribution in [0.5, 0.6) is 5.75 Å². The highest BCUT2D eigenvalue weighted by atomic mass is 16.5. The van der Waals surface area contributed by atoms with E-state index in [0.717, 1.165) is 50.8 Å². The van der Waals surface area contributed by atoms with Gasteiger partial charge in [-0.3, -0.25) is 19.2 Å². The molecule has 1 aromatic carbocycles. The van der Waals surface area contributed by atoms with Gasteiger partial charge >= 0.3 is 5.97 Å². The molecule has 1 aromatic rings. The number of carbonyl (C=O) groups excluding carboxylic acids is 4. The second kappa shape index (κ2) is 11.1. The van der Waals surface area contributed by atoms with Crippen LogP contribution in [0.1, 0.15) is 57.9 Å². The van der Waals surface area contributed by atoms with E-state index in [0.29, 0.717) is 25.1 Å². The molecule has 0 spiro atoms. The quantitative estimate of drug-likeness (QED) is 0.536. The van der Waals surface area contributed by atoms with Crippen LogP contribution < -0.4 is 10.1 Å². The molecular formula is C24H33N3O5. The first-order valence-corrected chi connectivity index (χ1v) is 11.5. The van der Waals surface area contributed by atoms with Crippen LogP contribution >= 0.6 is 0 Å². The van der Waals surface area contributed by atoms with Gasteiger partial charge in [0.2, 0.25) is 17.7 Å². The van der Waals surface area contributed by atoms with Crippen molar-refractivity contribution in [2.24, 2.45) is 0 Å². The van der Waals surface area contributed by atoms with Gasteiger partial charge in [-0.2, -0.15) is 0 Å². The molecule has 1 N–H and O–H groups in total. The Morgan fingerprint density at radius 2 is 1.62 bits per heavy atom. The molecule has 0 unspecified atom stereocenters. The number of nitrogens with zero attached hydrogens (tertiary/aromatic N) is 2. The summed E-state index contributed by atoms with van der Waals surface area (Å²) in [5.74, 6) is -0.473. The van der Waals surface area contributed by atoms with Crippen molar-refractivity contribution >= 4 is 23.7 Å². The van der Waals surface area contributed by atoms with E-state index in [4.69, 9.17) is 4.74 Å². The predicted molar refractivity (Wildman–Crippen MR) is 119 cm³/mol. The summed E-state index contributed by atoms with van der Waals surface area (Å²) >= 11 is 0. The van der Waals surface area contributed by atoms with E-state index in [9.17, 15) is 19.2 Å². The molecular weight excluding hydrogens is 410 g/mol. The number of esters is 1. The van der Waals surface area contributed by atoms with Crippen molar-refractivity contribution in [3.05, 3.63) is 29.8 Å². The number of hydrogen-bond donors (Lipinski definition) is 1. The van der Waals surface area contributed by atoms with Crippen molar-refractivity contribution in [1.29, 1.82) is 0 Å². The van der Waals surface area contributed by atoms with E-state index in [-0.39, 0.29) is 17.7 Å². The molecule has 32 heavy (non-hydrogen) atoms. The molecule has 8 nitrogen and oxygen atoms in total. The third kappa shape index (κ3) is 6.31. The Morgan fingerprint density at radius 3 is 2.22 bits per heavy atom. The van der Waals surface area contributed by atoms with Gasteiger partial charge in [-0.1, -0.05) is 25.0 Å². The summed E-state index contributed by atoms with van der Waals surface area (Å²) in [4.78, 5) is 53.1. The van der Waals surface area contributed by atoms with E-state index in [2.05, 4.69) is 5.32 Å². The number of amides is 3. The van der Waals surface area contributed by atoms with Crippen LogP contribution in [0.4, 0.5) is 0 Å². The van der Waals surface area contributed by atoms with E-state index in [1.165, 1.54) is 13.8 Å². The molecule has 2 heterocycles. The Balaban J connectivity index is 1.71. The number of ether oxygens (including phenoxy) is 1. The van der Waals surface area contributed by atoms with Crippen LogP contribution in [0, 0.1) is 0 Å². The molecule has 3 amide bonds. The standard InChI is InChI=1S/C24H33N3O5/c1-17(28)25-21(16-19-9-11-20(12-10-19)32-18(2)29)23(30)27-15-7-8-22(27)24(31)26-13-5-3-4-6-14-26/h9-12,21-22H,3-8,13-16H2,1-2H3,(H,25,28)/t21-,22+/m0/s1. The van der Waals surface area contributed by atoms with E-state index < -0.39 is 18.1 Å². The fraction of sp³-hybridized carbons (Fsp3) is 0.583. The molecule has 2 aliphatic heterocycles. The minimum Gasteiger partial charge on any atom is -0.427 e. The average Bonchev–Trinajstić information content (AvgIpc) is 3.07. The van der Waals surface area contributed by atoms with Gasteiger partial charge in [0.25, 0.3) is 0 Å². The maximum atomic E-state index is 13.4. The number of likely N-dealkylation sites (tertiary alicyclic amines) is 2. The molecule has 0 aliphatic carbocycles. The van der Waals surface area contributed by atoms with Crippen molar-refractivity contribution < 1.29 is 23.9 Å². The Hall–Kier alpha value is -2.90. The highest BCUT2D eigenvalue weighted by molar-refractivity contribution is 5.92. The lowest BCUT2D eigenvalue weighted by Crippen LogP contribution is -2.54. The lowest BCUT2D eigenvalue weighted by molar-refractivity contribution is -0.145. The minimum atomic E-state index is -0.760. The Morgan fingerprint density at radius 1 is 0.969 bits per heavy atom. The highest BCUT2D eigenvalue weighted by Crippen LogP contribution is 2.23. The molecule has 8 heteroatoms. The minimum absolute atomic E-state index is 0.0325. The van der Waals surface area contributed by atoms with Crippen LogP contribution in [0.2, 0.25) is 0 Å². The fourth-order valence-electron chi connectivity index (χ4n) is 4.53. The number of hydrogen-bond acceptors (Lipinski definition) is 5. The number of rotatable bonds is 6. The Bertz CT molecular complexity index is 831. The molecule has 2 fully saturated rings. The summed E-state index contributed by atoms with van der Waals surface area (Å²) in [7, 11) is 0. The third-order valence-corrected chi connectivity index (χ3v) is 6.04. The maximum absolute atomic E-state index is 13.4. The highest BCUT2D eigenvalue weighted by Gasteiger charge is 2.39. The van der Waals surface area contributed by atoms with Gasteiger partial charge in [0.05, 0.1) is 0 Å². The zero-order valence-corrected chi connectivity index (χ0v) is 19.0. The van der Waals surface area contributed by atoms with Crippen LogP contribution in [0.25, 0.3) is 0 Å². The van der Waals surface area contributed by atoms with Crippen molar-refractivity contribution in [1.82, 2.24) is 15.1 Å². The summed E-state index contributed by atoms with van der Waals surface area (Å²) in [6.07, 6.45) is 6.01. The van der Waals surface area contributed by atoms with Gasteiger partial charge in [0.15, 0.2) is 0 Å². The third-order valence-electron chi connectivity index (χ3n) is 6.04. The Labute approximate surface area is 189 Å². The second-order valence-electron chi connectivity index (χ2n) is 8.62. The number of nitrogens with one attached hydrogen (secondary N) is 1. The summed E-state index contributed by atoms with van der Waals surface area (Å²) in [5, 5.41) is 2.76. The molecule has 0 saturated carbocycles. The maximum Gasteiger partial charge on any atom is 0.308 e. The molecule has 0 bridgehead atoms. The van der Waals surface area contributed by atoms with E-state index in [1.807, 2.05) is 4.90 Å². The molecule has 2 aliphatic rings. The SMILES string of the molecule is CC(=O)N[C@@H](Cc1ccc(OC(C)=O)cc1)C(=O)N1CCC[C@@H]1C(=O)N1CCCCCC1. The zero-order chi connectivity index (χ0) is 23.1. The van der Waals surface area contributed by atoms with E-state index >= 15 is 0 Å². The monoisotopic (exact) mass is 443 g/mol. The van der Waals surface area contributed by atoms with E-state index in [1.54, 1.807) is 29.2 Å². The van der Waals surface area contributed by atoms with Gasteiger partial charge in [-0.15, -0.1) is 0 Å². The first-order valence-electron chi connectivity index (χ1n) is 11.5. The van der Waals surface area contributed by atoms with Crippen LogP contribution in [-0.2, 0) is 25.6 Å².